The van der Waals surface area contributed by atoms with Crippen LogP contribution in [0.1, 0.15) is 42.7 Å². The Balaban J connectivity index is 1.40. The fourth-order valence-electron chi connectivity index (χ4n) is 5.42. The molecule has 3 aromatic carbocycles. The number of Topliss-reactive ketones (excluding diaryl/α,β-unsaturated/α-hetero) is 1. The van der Waals surface area contributed by atoms with Crippen LogP contribution in [0.25, 0.3) is 0 Å². The van der Waals surface area contributed by atoms with Crippen molar-refractivity contribution in [2.45, 2.75) is 31.6 Å². The molecule has 3 aromatic rings. The Bertz CT molecular complexity index is 1400. The zero-order valence-corrected chi connectivity index (χ0v) is 23.5. The van der Waals surface area contributed by atoms with Gasteiger partial charge in [-0.05, 0) is 66.8 Å². The molecule has 1 aliphatic heterocycles. The molecule has 0 saturated heterocycles. The highest BCUT2D eigenvalue weighted by molar-refractivity contribution is 9.10. The number of carbonyl (C=O) groups is 2. The topological polar surface area (TPSA) is 74.2 Å². The van der Waals surface area contributed by atoms with E-state index in [2.05, 4.69) is 15.9 Å². The van der Waals surface area contributed by atoms with Crippen molar-refractivity contribution in [2.75, 3.05) is 20.3 Å². The van der Waals surface area contributed by atoms with Gasteiger partial charge in [0.15, 0.2) is 5.78 Å². The Hall–Kier alpha value is -3.71. The van der Waals surface area contributed by atoms with Crippen molar-refractivity contribution < 1.29 is 23.8 Å². The lowest BCUT2D eigenvalue weighted by molar-refractivity contribution is -0.147. The first-order valence-electron chi connectivity index (χ1n) is 13.0. The van der Waals surface area contributed by atoms with Gasteiger partial charge in [-0.3, -0.25) is 14.6 Å². The number of ether oxygens (including phenoxy) is 3. The van der Waals surface area contributed by atoms with Gasteiger partial charge in [-0.1, -0.05) is 58.4 Å². The lowest BCUT2D eigenvalue weighted by Crippen LogP contribution is -2.38. The number of aliphatic imine (C=N–C) groups is 1. The van der Waals surface area contributed by atoms with Gasteiger partial charge in [-0.25, -0.2) is 0 Å². The van der Waals surface area contributed by atoms with Gasteiger partial charge in [0.25, 0.3) is 0 Å². The lowest BCUT2D eigenvalue weighted by atomic mass is 9.69. The number of ketones is 1. The van der Waals surface area contributed by atoms with Crippen molar-refractivity contribution in [3.8, 4) is 11.5 Å². The molecule has 0 fully saturated rings. The summed E-state index contributed by atoms with van der Waals surface area (Å²) in [5.41, 5.74) is 3.99. The molecule has 1 heterocycles. The van der Waals surface area contributed by atoms with Gasteiger partial charge in [0.1, 0.15) is 30.6 Å². The van der Waals surface area contributed by atoms with Crippen LogP contribution < -0.4 is 9.47 Å². The molecule has 5 rings (SSSR count). The van der Waals surface area contributed by atoms with Crippen molar-refractivity contribution in [3.63, 3.8) is 0 Å². The van der Waals surface area contributed by atoms with Gasteiger partial charge in [-0.2, -0.15) is 0 Å². The van der Waals surface area contributed by atoms with E-state index < -0.39 is 17.8 Å². The number of benzene rings is 3. The summed E-state index contributed by atoms with van der Waals surface area (Å²) in [5, 5.41) is 0. The molecular formula is C32H30BrNO5. The van der Waals surface area contributed by atoms with E-state index in [-0.39, 0.29) is 24.9 Å². The number of para-hydroxylation sites is 1. The van der Waals surface area contributed by atoms with Gasteiger partial charge < -0.3 is 14.2 Å². The van der Waals surface area contributed by atoms with E-state index in [1.54, 1.807) is 7.11 Å². The average Bonchev–Trinajstić information content (AvgIpc) is 2.95. The Morgan fingerprint density at radius 1 is 0.897 bits per heavy atom. The van der Waals surface area contributed by atoms with Crippen LogP contribution >= 0.6 is 15.9 Å². The summed E-state index contributed by atoms with van der Waals surface area (Å²) in [6, 6.07) is 25.0. The molecular weight excluding hydrogens is 558 g/mol. The quantitative estimate of drug-likeness (QED) is 0.218. The van der Waals surface area contributed by atoms with Gasteiger partial charge in [0, 0.05) is 33.8 Å². The summed E-state index contributed by atoms with van der Waals surface area (Å²) in [5.74, 6) is -0.0312. The summed E-state index contributed by atoms with van der Waals surface area (Å²) >= 11 is 3.49. The third-order valence-electron chi connectivity index (χ3n) is 7.30. The summed E-state index contributed by atoms with van der Waals surface area (Å²) in [6.45, 7) is 2.19. The highest BCUT2D eigenvalue weighted by atomic mass is 79.9. The number of allylic oxidation sites excluding steroid dienone is 2. The van der Waals surface area contributed by atoms with E-state index in [0.29, 0.717) is 29.9 Å². The Morgan fingerprint density at radius 3 is 2.28 bits per heavy atom. The van der Waals surface area contributed by atoms with Crippen LogP contribution in [-0.4, -0.2) is 37.8 Å². The van der Waals surface area contributed by atoms with Crippen molar-refractivity contribution in [3.05, 3.63) is 106 Å². The number of methoxy groups -OCH3 is 1. The van der Waals surface area contributed by atoms with Crippen molar-refractivity contribution >= 4 is 33.4 Å². The van der Waals surface area contributed by atoms with E-state index in [9.17, 15) is 9.59 Å². The van der Waals surface area contributed by atoms with E-state index in [1.165, 1.54) is 0 Å². The predicted octanol–water partition coefficient (Wildman–Crippen LogP) is 6.66. The number of halogens is 1. The van der Waals surface area contributed by atoms with Gasteiger partial charge in [0.05, 0.1) is 7.11 Å². The maximum absolute atomic E-state index is 13.7. The van der Waals surface area contributed by atoms with E-state index >= 15 is 0 Å². The van der Waals surface area contributed by atoms with Crippen LogP contribution in [0.4, 0.5) is 0 Å². The van der Waals surface area contributed by atoms with Crippen LogP contribution in [0, 0.1) is 5.92 Å². The minimum absolute atomic E-state index is 0.0166. The average molecular weight is 588 g/mol. The molecule has 7 heteroatoms. The largest absolute Gasteiger partial charge is 0.497 e. The number of hydrogen-bond donors (Lipinski definition) is 0. The van der Waals surface area contributed by atoms with Crippen LogP contribution in [0.5, 0.6) is 11.5 Å². The number of carbonyl (C=O) groups excluding carboxylic acids is 2. The van der Waals surface area contributed by atoms with Gasteiger partial charge in [-0.15, -0.1) is 0 Å². The fraction of sp³-hybridized carbons (Fsp3) is 0.281. The predicted molar refractivity (Wildman–Crippen MR) is 153 cm³/mol. The second kappa shape index (κ2) is 12.0. The number of nitrogens with zero attached hydrogens (tertiary/aromatic N) is 1. The molecule has 1 unspecified atom stereocenters. The minimum Gasteiger partial charge on any atom is -0.497 e. The molecule has 0 bridgehead atoms. The van der Waals surface area contributed by atoms with Crippen molar-refractivity contribution in [1.82, 2.24) is 0 Å². The van der Waals surface area contributed by atoms with Crippen LogP contribution in [0.15, 0.2) is 99.6 Å². The lowest BCUT2D eigenvalue weighted by Gasteiger charge is -2.36. The molecule has 0 saturated carbocycles. The van der Waals surface area contributed by atoms with Crippen LogP contribution in [-0.2, 0) is 14.3 Å². The molecule has 0 spiro atoms. The summed E-state index contributed by atoms with van der Waals surface area (Å²) < 4.78 is 17.6. The Labute approximate surface area is 236 Å². The Morgan fingerprint density at radius 2 is 1.59 bits per heavy atom. The maximum atomic E-state index is 13.7. The summed E-state index contributed by atoms with van der Waals surface area (Å²) in [4.78, 5) is 32.1. The Kier molecular flexibility index (Phi) is 8.27. The second-order valence-electron chi connectivity index (χ2n) is 9.75. The fourth-order valence-corrected chi connectivity index (χ4v) is 5.68. The summed E-state index contributed by atoms with van der Waals surface area (Å²) in [7, 11) is 1.63. The normalized spacial score (nSPS) is 20.6. The molecule has 0 N–H and O–H groups in total. The van der Waals surface area contributed by atoms with Crippen molar-refractivity contribution in [1.29, 1.82) is 0 Å². The zero-order chi connectivity index (χ0) is 27.4. The maximum Gasteiger partial charge on any atom is 0.315 e. The molecule has 1 aliphatic carbocycles. The van der Waals surface area contributed by atoms with E-state index in [1.807, 2.05) is 85.8 Å². The van der Waals surface area contributed by atoms with E-state index in [4.69, 9.17) is 19.2 Å². The first-order chi connectivity index (χ1) is 18.9. The molecule has 0 amide bonds. The van der Waals surface area contributed by atoms with Gasteiger partial charge in [0.2, 0.25) is 0 Å². The first kappa shape index (κ1) is 26.9. The minimum atomic E-state index is -0.692. The van der Waals surface area contributed by atoms with Gasteiger partial charge >= 0.3 is 5.97 Å². The summed E-state index contributed by atoms with van der Waals surface area (Å²) in [6.07, 6.45) is 0.990. The second-order valence-corrected chi connectivity index (χ2v) is 10.7. The van der Waals surface area contributed by atoms with E-state index in [0.717, 1.165) is 27.0 Å². The third-order valence-corrected chi connectivity index (χ3v) is 7.83. The highest BCUT2D eigenvalue weighted by Crippen LogP contribution is 2.47. The number of hydrogen-bond acceptors (Lipinski definition) is 6. The molecule has 3 atom stereocenters. The molecule has 6 nitrogen and oxygen atoms in total. The highest BCUT2D eigenvalue weighted by Gasteiger charge is 2.44. The molecule has 39 heavy (non-hydrogen) atoms. The van der Waals surface area contributed by atoms with Crippen LogP contribution in [0.3, 0.4) is 0 Å². The third kappa shape index (κ3) is 5.98. The first-order valence-corrected chi connectivity index (χ1v) is 13.8. The smallest absolute Gasteiger partial charge is 0.315 e. The van der Waals surface area contributed by atoms with Crippen molar-refractivity contribution in [2.24, 2.45) is 10.9 Å². The number of rotatable bonds is 8. The monoisotopic (exact) mass is 587 g/mol. The molecule has 200 valence electrons. The molecule has 0 radical (unpaired) electrons. The zero-order valence-electron chi connectivity index (χ0n) is 21.9. The van der Waals surface area contributed by atoms with Crippen LogP contribution in [0.2, 0.25) is 0 Å². The molecule has 0 aromatic heterocycles. The standard InChI is InChI=1S/C32H30BrNO5/c1-20-29(32(36)39-17-16-38-26-6-4-3-5-7-26)30(22-8-12-24(33)13-9-22)31-27(34-20)18-23(19-28(31)35)21-10-14-25(37-2)15-11-21/h3-15,23,29-30H,16-19H2,1-2H3/t23-,29?,30-/m0/s1. The number of esters is 1. The molecule has 2 aliphatic rings. The SMILES string of the molecule is COc1ccc([C@@H]2CC(=O)C3=C(C2)N=C(C)C(C(=O)OCCOc2ccccc2)[C@@H]3c2ccc(Br)cc2)cc1.